The van der Waals surface area contributed by atoms with E-state index >= 15 is 0 Å². The third kappa shape index (κ3) is 2.90. The van der Waals surface area contributed by atoms with Crippen LogP contribution >= 0.6 is 23.2 Å². The van der Waals surface area contributed by atoms with Gasteiger partial charge in [-0.2, -0.15) is 5.26 Å². The molecule has 0 atom stereocenters. The molecular formula is C14H11Cl2N3O. The van der Waals surface area contributed by atoms with Crippen molar-refractivity contribution >= 4 is 40.3 Å². The molecule has 0 radical (unpaired) electrons. The van der Waals surface area contributed by atoms with Crippen molar-refractivity contribution in [3.8, 4) is 11.8 Å². The minimum Gasteiger partial charge on any atom is -0.495 e. The second-order valence-electron chi connectivity index (χ2n) is 4.01. The minimum absolute atomic E-state index is 0.404. The van der Waals surface area contributed by atoms with Crippen molar-refractivity contribution < 1.29 is 4.74 Å². The highest BCUT2D eigenvalue weighted by Crippen LogP contribution is 2.37. The Morgan fingerprint density at radius 3 is 2.40 bits per heavy atom. The van der Waals surface area contributed by atoms with Crippen molar-refractivity contribution in [3.63, 3.8) is 0 Å². The maximum absolute atomic E-state index is 8.87. The number of rotatable bonds is 3. The first-order valence-electron chi connectivity index (χ1n) is 5.65. The lowest BCUT2D eigenvalue weighted by Crippen LogP contribution is -1.97. The molecule has 0 unspecified atom stereocenters. The topological polar surface area (TPSA) is 71.1 Å². The molecule has 2 aromatic carbocycles. The largest absolute Gasteiger partial charge is 0.495 e. The molecule has 0 aromatic heterocycles. The van der Waals surface area contributed by atoms with Crippen molar-refractivity contribution in [2.75, 3.05) is 18.2 Å². The first-order chi connectivity index (χ1) is 9.55. The smallest absolute Gasteiger partial charge is 0.143 e. The summed E-state index contributed by atoms with van der Waals surface area (Å²) in [6, 6.07) is 10.3. The van der Waals surface area contributed by atoms with Crippen molar-refractivity contribution in [2.24, 2.45) is 0 Å². The average molecular weight is 308 g/mol. The van der Waals surface area contributed by atoms with Crippen LogP contribution in [0, 0.1) is 11.3 Å². The van der Waals surface area contributed by atoms with Gasteiger partial charge in [0, 0.05) is 11.8 Å². The van der Waals surface area contributed by atoms with E-state index in [-0.39, 0.29) is 0 Å². The molecule has 0 bridgehead atoms. The second-order valence-corrected chi connectivity index (χ2v) is 4.83. The van der Waals surface area contributed by atoms with E-state index in [9.17, 15) is 0 Å². The Bertz CT molecular complexity index is 672. The molecule has 102 valence electrons. The molecule has 0 saturated heterocycles. The zero-order chi connectivity index (χ0) is 14.7. The first-order valence-corrected chi connectivity index (χ1v) is 6.40. The standard InChI is InChI=1S/C14H11Cl2N3O/c1-20-13-4-8(7-17)2-3-12(13)19-14-10(15)5-9(18)6-11(14)16/h2-6,19H,18H2,1H3. The normalized spacial score (nSPS) is 9.90. The molecule has 3 N–H and O–H groups in total. The maximum atomic E-state index is 8.87. The van der Waals surface area contributed by atoms with Crippen LogP contribution in [-0.2, 0) is 0 Å². The van der Waals surface area contributed by atoms with Gasteiger partial charge >= 0.3 is 0 Å². The molecular weight excluding hydrogens is 297 g/mol. The number of nitriles is 1. The summed E-state index contributed by atoms with van der Waals surface area (Å²) in [5.41, 5.74) is 7.83. The number of halogens is 2. The molecule has 6 heteroatoms. The van der Waals surface area contributed by atoms with Crippen LogP contribution in [0.25, 0.3) is 0 Å². The van der Waals surface area contributed by atoms with Crippen LogP contribution in [-0.4, -0.2) is 7.11 Å². The van der Waals surface area contributed by atoms with E-state index in [0.29, 0.717) is 38.4 Å². The number of nitrogen functional groups attached to an aromatic ring is 1. The van der Waals surface area contributed by atoms with Crippen molar-refractivity contribution in [1.29, 1.82) is 5.26 Å². The number of benzene rings is 2. The number of nitrogens with two attached hydrogens (primary N) is 1. The number of nitrogens with zero attached hydrogens (tertiary/aromatic N) is 1. The fourth-order valence-corrected chi connectivity index (χ4v) is 2.31. The fourth-order valence-electron chi connectivity index (χ4n) is 1.71. The molecule has 0 amide bonds. The molecule has 2 rings (SSSR count). The van der Waals surface area contributed by atoms with Gasteiger partial charge < -0.3 is 15.8 Å². The third-order valence-corrected chi connectivity index (χ3v) is 3.25. The molecule has 0 saturated carbocycles. The Hall–Kier alpha value is -2.09. The van der Waals surface area contributed by atoms with Gasteiger partial charge in [-0.1, -0.05) is 23.2 Å². The zero-order valence-corrected chi connectivity index (χ0v) is 12.1. The van der Waals surface area contributed by atoms with Gasteiger partial charge in [0.2, 0.25) is 0 Å². The molecule has 0 aliphatic heterocycles. The summed E-state index contributed by atoms with van der Waals surface area (Å²) >= 11 is 12.2. The summed E-state index contributed by atoms with van der Waals surface area (Å²) in [5.74, 6) is 0.521. The Balaban J connectivity index is 2.43. The molecule has 0 aliphatic rings. The summed E-state index contributed by atoms with van der Waals surface area (Å²) in [5, 5.41) is 12.8. The van der Waals surface area contributed by atoms with Crippen molar-refractivity contribution in [2.45, 2.75) is 0 Å². The Morgan fingerprint density at radius 2 is 1.85 bits per heavy atom. The highest BCUT2D eigenvalue weighted by molar-refractivity contribution is 6.39. The van der Waals surface area contributed by atoms with E-state index in [1.54, 1.807) is 30.3 Å². The highest BCUT2D eigenvalue weighted by atomic mass is 35.5. The van der Waals surface area contributed by atoms with E-state index < -0.39 is 0 Å². The minimum atomic E-state index is 0.404. The van der Waals surface area contributed by atoms with Gasteiger partial charge in [0.05, 0.1) is 40.2 Å². The Kier molecular flexibility index (Phi) is 4.23. The third-order valence-electron chi connectivity index (χ3n) is 2.65. The Labute approximate surface area is 126 Å². The number of nitrogens with one attached hydrogen (secondary N) is 1. The van der Waals surface area contributed by atoms with Crippen LogP contribution < -0.4 is 15.8 Å². The molecule has 20 heavy (non-hydrogen) atoms. The van der Waals surface area contributed by atoms with Gasteiger partial charge in [-0.3, -0.25) is 0 Å². The van der Waals surface area contributed by atoms with Crippen LogP contribution in [0.3, 0.4) is 0 Å². The zero-order valence-electron chi connectivity index (χ0n) is 10.6. The van der Waals surface area contributed by atoms with E-state index in [0.717, 1.165) is 0 Å². The van der Waals surface area contributed by atoms with Gasteiger partial charge in [0.1, 0.15) is 5.75 Å². The van der Waals surface area contributed by atoms with Gasteiger partial charge in [-0.15, -0.1) is 0 Å². The van der Waals surface area contributed by atoms with E-state index in [1.807, 2.05) is 6.07 Å². The number of methoxy groups -OCH3 is 1. The monoisotopic (exact) mass is 307 g/mol. The lowest BCUT2D eigenvalue weighted by Gasteiger charge is -2.14. The van der Waals surface area contributed by atoms with Crippen molar-refractivity contribution in [3.05, 3.63) is 45.9 Å². The van der Waals surface area contributed by atoms with Crippen LogP contribution in [0.15, 0.2) is 30.3 Å². The highest BCUT2D eigenvalue weighted by Gasteiger charge is 2.11. The van der Waals surface area contributed by atoms with E-state index in [2.05, 4.69) is 5.32 Å². The molecule has 0 spiro atoms. The van der Waals surface area contributed by atoms with Crippen LogP contribution in [0.1, 0.15) is 5.56 Å². The van der Waals surface area contributed by atoms with Crippen LogP contribution in [0.4, 0.5) is 17.1 Å². The fraction of sp³-hybridized carbons (Fsp3) is 0.0714. The van der Waals surface area contributed by atoms with Crippen LogP contribution in [0.5, 0.6) is 5.75 Å². The number of ether oxygens (including phenoxy) is 1. The predicted molar refractivity (Wildman–Crippen MR) is 81.9 cm³/mol. The maximum Gasteiger partial charge on any atom is 0.143 e. The first kappa shape index (κ1) is 14.3. The molecule has 0 heterocycles. The van der Waals surface area contributed by atoms with Crippen LogP contribution in [0.2, 0.25) is 10.0 Å². The SMILES string of the molecule is COc1cc(C#N)ccc1Nc1c(Cl)cc(N)cc1Cl. The molecule has 2 aromatic rings. The molecule has 0 fully saturated rings. The molecule has 0 aliphatic carbocycles. The molecule has 4 nitrogen and oxygen atoms in total. The Morgan fingerprint density at radius 1 is 1.20 bits per heavy atom. The summed E-state index contributed by atoms with van der Waals surface area (Å²) in [6.07, 6.45) is 0. The van der Waals surface area contributed by atoms with E-state index in [1.165, 1.54) is 7.11 Å². The van der Waals surface area contributed by atoms with Gasteiger partial charge in [0.15, 0.2) is 0 Å². The second kappa shape index (κ2) is 5.91. The quantitative estimate of drug-likeness (QED) is 0.834. The van der Waals surface area contributed by atoms with E-state index in [4.69, 9.17) is 38.9 Å². The average Bonchev–Trinajstić information content (AvgIpc) is 2.42. The van der Waals surface area contributed by atoms with Gasteiger partial charge in [-0.05, 0) is 24.3 Å². The number of anilines is 3. The lowest BCUT2D eigenvalue weighted by atomic mass is 10.2. The van der Waals surface area contributed by atoms with Crippen molar-refractivity contribution in [1.82, 2.24) is 0 Å². The summed E-state index contributed by atoms with van der Waals surface area (Å²) in [6.45, 7) is 0. The van der Waals surface area contributed by atoms with Gasteiger partial charge in [0.25, 0.3) is 0 Å². The summed E-state index contributed by atoms with van der Waals surface area (Å²) in [7, 11) is 1.52. The predicted octanol–water partition coefficient (Wildman–Crippen LogP) is 4.20. The lowest BCUT2D eigenvalue weighted by molar-refractivity contribution is 0.416. The summed E-state index contributed by atoms with van der Waals surface area (Å²) < 4.78 is 5.24. The summed E-state index contributed by atoms with van der Waals surface area (Å²) in [4.78, 5) is 0. The number of hydrogen-bond donors (Lipinski definition) is 2. The number of hydrogen-bond acceptors (Lipinski definition) is 4. The van der Waals surface area contributed by atoms with Gasteiger partial charge in [-0.25, -0.2) is 0 Å².